The van der Waals surface area contributed by atoms with Crippen molar-refractivity contribution in [3.8, 4) is 0 Å². The normalized spacial score (nSPS) is 17.1. The molecule has 1 aliphatic heterocycles. The Bertz CT molecular complexity index is 469. The summed E-state index contributed by atoms with van der Waals surface area (Å²) in [5, 5.41) is 3.03. The maximum Gasteiger partial charge on any atom is 0.154 e. The molecule has 1 aromatic carbocycles. The first kappa shape index (κ1) is 11.5. The van der Waals surface area contributed by atoms with Gasteiger partial charge in [0.15, 0.2) is 9.84 Å². The number of benzene rings is 1. The van der Waals surface area contributed by atoms with E-state index < -0.39 is 15.7 Å². The largest absolute Gasteiger partial charge is 0.316 e. The molecule has 0 amide bonds. The van der Waals surface area contributed by atoms with Crippen molar-refractivity contribution in [3.63, 3.8) is 0 Å². The van der Waals surface area contributed by atoms with Gasteiger partial charge in [0.25, 0.3) is 0 Å². The van der Waals surface area contributed by atoms with Crippen LogP contribution in [0.25, 0.3) is 0 Å². The third-order valence-electron chi connectivity index (χ3n) is 2.63. The summed E-state index contributed by atoms with van der Waals surface area (Å²) in [6.07, 6.45) is 0. The molecule has 0 unspecified atom stereocenters. The lowest BCUT2D eigenvalue weighted by Gasteiger charge is -2.26. The number of rotatable bonds is 4. The van der Waals surface area contributed by atoms with Gasteiger partial charge in [-0.2, -0.15) is 0 Å². The van der Waals surface area contributed by atoms with Gasteiger partial charge in [-0.3, -0.25) is 0 Å². The molecule has 1 N–H and O–H groups in total. The predicted octanol–water partition coefficient (Wildman–Crippen LogP) is 0.960. The molecule has 0 saturated carbocycles. The molecular weight excluding hydrogens is 229 g/mol. The van der Waals surface area contributed by atoms with Gasteiger partial charge >= 0.3 is 0 Å². The van der Waals surface area contributed by atoms with Gasteiger partial charge in [0, 0.05) is 13.1 Å². The Morgan fingerprint density at radius 3 is 2.69 bits per heavy atom. The lowest BCUT2D eigenvalue weighted by molar-refractivity contribution is 0.378. The van der Waals surface area contributed by atoms with Gasteiger partial charge in [-0.05, 0) is 23.6 Å². The molecule has 1 aromatic rings. The molecule has 0 aromatic heterocycles. The summed E-state index contributed by atoms with van der Waals surface area (Å²) in [4.78, 5) is 0. The molecule has 3 nitrogen and oxygen atoms in total. The molecule has 2 rings (SSSR count). The molecule has 0 aliphatic carbocycles. The maximum atomic E-state index is 12.9. The van der Waals surface area contributed by atoms with Gasteiger partial charge in [-0.15, -0.1) is 0 Å². The highest BCUT2D eigenvalue weighted by atomic mass is 32.2. The second-order valence-electron chi connectivity index (χ2n) is 4.21. The molecule has 16 heavy (non-hydrogen) atoms. The molecule has 0 spiro atoms. The second kappa shape index (κ2) is 4.51. The first-order valence-electron chi connectivity index (χ1n) is 5.21. The van der Waals surface area contributed by atoms with Crippen molar-refractivity contribution in [2.75, 3.05) is 18.8 Å². The minimum absolute atomic E-state index is 0.0682. The van der Waals surface area contributed by atoms with E-state index in [9.17, 15) is 12.8 Å². The smallest absolute Gasteiger partial charge is 0.154 e. The van der Waals surface area contributed by atoms with Crippen LogP contribution in [0.1, 0.15) is 5.56 Å². The van der Waals surface area contributed by atoms with Crippen molar-refractivity contribution in [1.29, 1.82) is 0 Å². The van der Waals surface area contributed by atoms with E-state index in [0.29, 0.717) is 5.56 Å². The van der Waals surface area contributed by atoms with Crippen molar-refractivity contribution in [2.24, 2.45) is 5.92 Å². The van der Waals surface area contributed by atoms with E-state index in [4.69, 9.17) is 0 Å². The lowest BCUT2D eigenvalue weighted by Crippen LogP contribution is -2.45. The van der Waals surface area contributed by atoms with Crippen LogP contribution in [0.4, 0.5) is 4.39 Å². The Balaban J connectivity index is 2.02. The average Bonchev–Trinajstić information content (AvgIpc) is 2.11. The zero-order valence-electron chi connectivity index (χ0n) is 8.82. The van der Waals surface area contributed by atoms with E-state index >= 15 is 0 Å². The second-order valence-corrected chi connectivity index (χ2v) is 6.32. The van der Waals surface area contributed by atoms with Gasteiger partial charge in [0.05, 0.1) is 11.5 Å². The van der Waals surface area contributed by atoms with Crippen LogP contribution >= 0.6 is 0 Å². The van der Waals surface area contributed by atoms with Crippen LogP contribution in [0.5, 0.6) is 0 Å². The fourth-order valence-corrected chi connectivity index (χ4v) is 3.52. The summed E-state index contributed by atoms with van der Waals surface area (Å²) in [5.41, 5.74) is 0.521. The third kappa shape index (κ3) is 3.02. The highest BCUT2D eigenvalue weighted by molar-refractivity contribution is 7.90. The molecule has 1 heterocycles. The predicted molar refractivity (Wildman–Crippen MR) is 60.3 cm³/mol. The molecule has 5 heteroatoms. The Labute approximate surface area is 94.6 Å². The molecule has 0 atom stereocenters. The van der Waals surface area contributed by atoms with Crippen molar-refractivity contribution in [3.05, 3.63) is 35.6 Å². The zero-order valence-corrected chi connectivity index (χ0v) is 9.63. The summed E-state index contributed by atoms with van der Waals surface area (Å²) >= 11 is 0. The van der Waals surface area contributed by atoms with Crippen LogP contribution in [0.3, 0.4) is 0 Å². The van der Waals surface area contributed by atoms with Crippen LogP contribution in [-0.2, 0) is 15.6 Å². The van der Waals surface area contributed by atoms with Crippen LogP contribution in [-0.4, -0.2) is 27.3 Å². The van der Waals surface area contributed by atoms with Gasteiger partial charge < -0.3 is 5.32 Å². The molecule has 0 radical (unpaired) electrons. The van der Waals surface area contributed by atoms with Crippen LogP contribution < -0.4 is 5.32 Å². The number of halogens is 1. The van der Waals surface area contributed by atoms with Gasteiger partial charge in [0.2, 0.25) is 0 Å². The summed E-state index contributed by atoms with van der Waals surface area (Å²) in [6.45, 7) is 1.53. The lowest BCUT2D eigenvalue weighted by atomic mass is 10.1. The summed E-state index contributed by atoms with van der Waals surface area (Å²) in [7, 11) is -3.12. The Kier molecular flexibility index (Phi) is 3.25. The van der Waals surface area contributed by atoms with Crippen LogP contribution in [0.2, 0.25) is 0 Å². The van der Waals surface area contributed by atoms with Crippen molar-refractivity contribution < 1.29 is 12.8 Å². The average molecular weight is 243 g/mol. The molecule has 0 bridgehead atoms. The number of hydrogen-bond donors (Lipinski definition) is 1. The highest BCUT2D eigenvalue weighted by Crippen LogP contribution is 2.13. The minimum Gasteiger partial charge on any atom is -0.316 e. The van der Waals surface area contributed by atoms with Crippen LogP contribution in [0.15, 0.2) is 24.3 Å². The van der Waals surface area contributed by atoms with Crippen molar-refractivity contribution in [1.82, 2.24) is 5.32 Å². The Hall–Kier alpha value is -0.940. The summed E-state index contributed by atoms with van der Waals surface area (Å²) in [6, 6.07) is 5.76. The van der Waals surface area contributed by atoms with E-state index in [1.165, 1.54) is 18.2 Å². The number of hydrogen-bond acceptors (Lipinski definition) is 3. The first-order valence-corrected chi connectivity index (χ1v) is 7.03. The minimum atomic E-state index is -3.12. The van der Waals surface area contributed by atoms with E-state index in [1.54, 1.807) is 6.07 Å². The van der Waals surface area contributed by atoms with E-state index in [2.05, 4.69) is 5.32 Å². The number of sulfone groups is 1. The first-order chi connectivity index (χ1) is 7.55. The summed E-state index contributed by atoms with van der Waals surface area (Å²) in [5.74, 6) is -0.0471. The molecule has 1 fully saturated rings. The standard InChI is InChI=1S/C11H14FNO2S/c12-11-3-1-2-9(4-11)7-16(14,15)8-10-5-13-6-10/h1-4,10,13H,5-8H2. The Morgan fingerprint density at radius 2 is 2.12 bits per heavy atom. The number of nitrogens with one attached hydrogen (secondary N) is 1. The van der Waals surface area contributed by atoms with Gasteiger partial charge in [-0.1, -0.05) is 12.1 Å². The zero-order chi connectivity index (χ0) is 11.6. The molecular formula is C11H14FNO2S. The Morgan fingerprint density at radius 1 is 1.38 bits per heavy atom. The van der Waals surface area contributed by atoms with E-state index in [1.807, 2.05) is 0 Å². The quantitative estimate of drug-likeness (QED) is 0.856. The van der Waals surface area contributed by atoms with Crippen LogP contribution in [0, 0.1) is 11.7 Å². The maximum absolute atomic E-state index is 12.9. The fraction of sp³-hybridized carbons (Fsp3) is 0.455. The fourth-order valence-electron chi connectivity index (χ4n) is 1.77. The topological polar surface area (TPSA) is 46.2 Å². The van der Waals surface area contributed by atoms with Crippen molar-refractivity contribution in [2.45, 2.75) is 5.75 Å². The molecule has 88 valence electrons. The SMILES string of the molecule is O=S(=O)(Cc1cccc(F)c1)CC1CNC1. The van der Waals surface area contributed by atoms with E-state index in [0.717, 1.165) is 13.1 Å². The van der Waals surface area contributed by atoms with Crippen molar-refractivity contribution >= 4 is 9.84 Å². The molecule has 1 aliphatic rings. The third-order valence-corrected chi connectivity index (χ3v) is 4.38. The monoisotopic (exact) mass is 243 g/mol. The van der Waals surface area contributed by atoms with E-state index in [-0.39, 0.29) is 17.4 Å². The highest BCUT2D eigenvalue weighted by Gasteiger charge is 2.24. The van der Waals surface area contributed by atoms with Gasteiger partial charge in [0.1, 0.15) is 5.82 Å². The summed E-state index contributed by atoms with van der Waals surface area (Å²) < 4.78 is 36.4. The molecule has 1 saturated heterocycles. The van der Waals surface area contributed by atoms with Gasteiger partial charge in [-0.25, -0.2) is 12.8 Å².